The minimum Gasteiger partial charge on any atom is -0.356 e. The molecule has 0 aromatic heterocycles. The van der Waals surface area contributed by atoms with Crippen molar-refractivity contribution >= 4 is 29.1 Å². The molecular weight excluding hydrogens is 338 g/mol. The molecule has 132 valence electrons. The van der Waals surface area contributed by atoms with Crippen molar-refractivity contribution in [2.24, 2.45) is 5.73 Å². The molecule has 4 N–H and O–H groups in total. The van der Waals surface area contributed by atoms with Crippen molar-refractivity contribution in [2.75, 3.05) is 11.9 Å². The molecule has 0 spiro atoms. The predicted molar refractivity (Wildman–Crippen MR) is 100 cm³/mol. The zero-order valence-corrected chi connectivity index (χ0v) is 14.6. The summed E-state index contributed by atoms with van der Waals surface area (Å²) in [6.45, 7) is 0.439. The van der Waals surface area contributed by atoms with Gasteiger partial charge in [0.15, 0.2) is 0 Å². The van der Waals surface area contributed by atoms with E-state index in [2.05, 4.69) is 10.6 Å². The minimum absolute atomic E-state index is 0.0995. The average molecular weight is 360 g/mol. The molecule has 2 rings (SSSR count). The second kappa shape index (κ2) is 9.81. The number of halogens is 1. The number of benzene rings is 2. The summed E-state index contributed by atoms with van der Waals surface area (Å²) in [5.74, 6) is -0.216. The van der Waals surface area contributed by atoms with Gasteiger partial charge in [0.1, 0.15) is 0 Å². The van der Waals surface area contributed by atoms with Crippen molar-refractivity contribution in [1.29, 1.82) is 0 Å². The van der Waals surface area contributed by atoms with Gasteiger partial charge >= 0.3 is 0 Å². The number of hydrogen-bond acceptors (Lipinski definition) is 3. The van der Waals surface area contributed by atoms with Gasteiger partial charge in [-0.1, -0.05) is 41.9 Å². The van der Waals surface area contributed by atoms with E-state index in [-0.39, 0.29) is 24.3 Å². The molecule has 25 heavy (non-hydrogen) atoms. The number of anilines is 1. The van der Waals surface area contributed by atoms with E-state index in [1.54, 1.807) is 24.3 Å². The lowest BCUT2D eigenvalue weighted by atomic mass is 10.0. The van der Waals surface area contributed by atoms with Crippen molar-refractivity contribution in [1.82, 2.24) is 5.32 Å². The lowest BCUT2D eigenvalue weighted by Crippen LogP contribution is -2.28. The predicted octanol–water partition coefficient (Wildman–Crippen LogP) is 3.27. The molecule has 0 bridgehead atoms. The van der Waals surface area contributed by atoms with Crippen molar-refractivity contribution in [3.63, 3.8) is 0 Å². The first-order chi connectivity index (χ1) is 12.0. The second-order valence-electron chi connectivity index (χ2n) is 5.73. The SMILES string of the molecule is NC(CC(=O)NCCCC(=O)Nc1ccc(Cl)cc1)c1ccccc1. The minimum atomic E-state index is -0.325. The molecule has 6 heteroatoms. The molecule has 0 aliphatic rings. The number of carbonyl (C=O) groups excluding carboxylic acids is 2. The Balaban J connectivity index is 1.62. The van der Waals surface area contributed by atoms with Gasteiger partial charge in [0.25, 0.3) is 0 Å². The summed E-state index contributed by atoms with van der Waals surface area (Å²) in [5, 5.41) is 6.19. The van der Waals surface area contributed by atoms with Gasteiger partial charge in [-0.3, -0.25) is 9.59 Å². The van der Waals surface area contributed by atoms with Gasteiger partial charge in [-0.15, -0.1) is 0 Å². The van der Waals surface area contributed by atoms with E-state index in [9.17, 15) is 9.59 Å². The van der Waals surface area contributed by atoms with Crippen LogP contribution in [0.4, 0.5) is 5.69 Å². The number of hydrogen-bond donors (Lipinski definition) is 3. The Morgan fingerprint density at radius 1 is 1.00 bits per heavy atom. The smallest absolute Gasteiger partial charge is 0.224 e. The zero-order valence-electron chi connectivity index (χ0n) is 13.9. The summed E-state index contributed by atoms with van der Waals surface area (Å²) >= 11 is 5.79. The molecule has 1 atom stereocenters. The number of carbonyl (C=O) groups is 2. The Hall–Kier alpha value is -2.37. The highest BCUT2D eigenvalue weighted by atomic mass is 35.5. The normalized spacial score (nSPS) is 11.6. The van der Waals surface area contributed by atoms with Crippen molar-refractivity contribution < 1.29 is 9.59 Å². The van der Waals surface area contributed by atoms with Gasteiger partial charge in [-0.25, -0.2) is 0 Å². The maximum absolute atomic E-state index is 11.9. The van der Waals surface area contributed by atoms with E-state index in [0.29, 0.717) is 30.1 Å². The van der Waals surface area contributed by atoms with Crippen LogP contribution in [0.3, 0.4) is 0 Å². The van der Waals surface area contributed by atoms with Crippen LogP contribution in [-0.2, 0) is 9.59 Å². The third-order valence-electron chi connectivity index (χ3n) is 3.66. The van der Waals surface area contributed by atoms with Crippen LogP contribution in [0.5, 0.6) is 0 Å². The second-order valence-corrected chi connectivity index (χ2v) is 6.17. The fraction of sp³-hybridized carbons (Fsp3) is 0.263. The molecule has 0 heterocycles. The quantitative estimate of drug-likeness (QED) is 0.632. The first-order valence-corrected chi connectivity index (χ1v) is 8.55. The molecule has 2 aromatic carbocycles. The topological polar surface area (TPSA) is 84.2 Å². The van der Waals surface area contributed by atoms with Gasteiger partial charge in [-0.2, -0.15) is 0 Å². The summed E-state index contributed by atoms with van der Waals surface area (Å²) < 4.78 is 0. The highest BCUT2D eigenvalue weighted by Crippen LogP contribution is 2.14. The Kier molecular flexibility index (Phi) is 7.44. The van der Waals surface area contributed by atoms with Gasteiger partial charge in [-0.05, 0) is 36.2 Å². The van der Waals surface area contributed by atoms with E-state index < -0.39 is 0 Å². The zero-order chi connectivity index (χ0) is 18.1. The highest BCUT2D eigenvalue weighted by molar-refractivity contribution is 6.30. The standard InChI is InChI=1S/C19H22ClN3O2/c20-15-8-10-16(11-9-15)23-18(24)7-4-12-22-19(25)13-17(21)14-5-2-1-3-6-14/h1-3,5-6,8-11,17H,4,7,12-13,21H2,(H,22,25)(H,23,24). The Morgan fingerprint density at radius 2 is 1.68 bits per heavy atom. The van der Waals surface area contributed by atoms with Gasteiger partial charge in [0.05, 0.1) is 0 Å². The van der Waals surface area contributed by atoms with Gasteiger partial charge in [0, 0.05) is 36.1 Å². The van der Waals surface area contributed by atoms with Crippen LogP contribution in [0.15, 0.2) is 54.6 Å². The van der Waals surface area contributed by atoms with Crippen LogP contribution < -0.4 is 16.4 Å². The molecule has 5 nitrogen and oxygen atoms in total. The summed E-state index contributed by atoms with van der Waals surface area (Å²) in [4.78, 5) is 23.7. The van der Waals surface area contributed by atoms with Gasteiger partial charge < -0.3 is 16.4 Å². The lowest BCUT2D eigenvalue weighted by Gasteiger charge is -2.12. The van der Waals surface area contributed by atoms with Crippen molar-refractivity contribution in [3.8, 4) is 0 Å². The number of nitrogens with one attached hydrogen (secondary N) is 2. The van der Waals surface area contributed by atoms with Crippen molar-refractivity contribution in [3.05, 3.63) is 65.2 Å². The largest absolute Gasteiger partial charge is 0.356 e. The summed E-state index contributed by atoms with van der Waals surface area (Å²) in [6, 6.07) is 16.1. The summed E-state index contributed by atoms with van der Waals surface area (Å²) in [7, 11) is 0. The average Bonchev–Trinajstić information content (AvgIpc) is 2.61. The van der Waals surface area contributed by atoms with Crippen LogP contribution in [0.2, 0.25) is 5.02 Å². The first-order valence-electron chi connectivity index (χ1n) is 8.17. The van der Waals surface area contributed by atoms with Crippen LogP contribution in [0.1, 0.15) is 30.9 Å². The molecule has 2 aromatic rings. The van der Waals surface area contributed by atoms with Crippen molar-refractivity contribution in [2.45, 2.75) is 25.3 Å². The molecule has 0 saturated heterocycles. The van der Waals surface area contributed by atoms with E-state index in [1.165, 1.54) is 0 Å². The van der Waals surface area contributed by atoms with E-state index in [1.807, 2.05) is 30.3 Å². The van der Waals surface area contributed by atoms with Crippen LogP contribution in [0, 0.1) is 0 Å². The van der Waals surface area contributed by atoms with E-state index in [0.717, 1.165) is 5.56 Å². The molecule has 1 unspecified atom stereocenters. The summed E-state index contributed by atoms with van der Waals surface area (Å²) in [5.41, 5.74) is 7.64. The Labute approximate surface area is 152 Å². The Bertz CT molecular complexity index is 690. The van der Waals surface area contributed by atoms with Gasteiger partial charge in [0.2, 0.25) is 11.8 Å². The number of rotatable bonds is 8. The highest BCUT2D eigenvalue weighted by Gasteiger charge is 2.11. The lowest BCUT2D eigenvalue weighted by molar-refractivity contribution is -0.122. The molecule has 0 aliphatic heterocycles. The first kappa shape index (κ1) is 19.0. The maximum Gasteiger partial charge on any atom is 0.224 e. The van der Waals surface area contributed by atoms with E-state index in [4.69, 9.17) is 17.3 Å². The van der Waals surface area contributed by atoms with Crippen LogP contribution >= 0.6 is 11.6 Å². The van der Waals surface area contributed by atoms with E-state index >= 15 is 0 Å². The third-order valence-corrected chi connectivity index (χ3v) is 3.92. The number of nitrogens with two attached hydrogens (primary N) is 1. The molecule has 2 amide bonds. The maximum atomic E-state index is 11.9. The molecule has 0 saturated carbocycles. The Morgan fingerprint density at radius 3 is 2.36 bits per heavy atom. The molecule has 0 fully saturated rings. The fourth-order valence-electron chi connectivity index (χ4n) is 2.32. The fourth-order valence-corrected chi connectivity index (χ4v) is 2.45. The molecule has 0 radical (unpaired) electrons. The molecular formula is C19H22ClN3O2. The molecule has 0 aliphatic carbocycles. The van der Waals surface area contributed by atoms with Crippen LogP contribution in [0.25, 0.3) is 0 Å². The van der Waals surface area contributed by atoms with Crippen LogP contribution in [-0.4, -0.2) is 18.4 Å². The number of amides is 2. The third kappa shape index (κ3) is 6.95. The monoisotopic (exact) mass is 359 g/mol. The summed E-state index contributed by atoms with van der Waals surface area (Å²) in [6.07, 6.45) is 1.11.